The van der Waals surface area contributed by atoms with Gasteiger partial charge in [0, 0.05) is 24.2 Å². The van der Waals surface area contributed by atoms with Crippen molar-refractivity contribution in [1.29, 1.82) is 0 Å². The highest BCUT2D eigenvalue weighted by atomic mass is 16.2. The van der Waals surface area contributed by atoms with Gasteiger partial charge in [-0.1, -0.05) is 48.5 Å². The number of aryl methyl sites for hydroxylation is 1. The van der Waals surface area contributed by atoms with Crippen molar-refractivity contribution < 1.29 is 9.59 Å². The number of hydrogen-bond donors (Lipinski definition) is 2. The van der Waals surface area contributed by atoms with Gasteiger partial charge in [-0.05, 0) is 37.5 Å². The summed E-state index contributed by atoms with van der Waals surface area (Å²) in [4.78, 5) is 32.4. The van der Waals surface area contributed by atoms with Crippen LogP contribution in [-0.2, 0) is 4.79 Å². The summed E-state index contributed by atoms with van der Waals surface area (Å²) >= 11 is 0. The molecule has 2 heterocycles. The smallest absolute Gasteiger partial charge is 0.266 e. The van der Waals surface area contributed by atoms with Crippen molar-refractivity contribution in [2.45, 2.75) is 25.8 Å². The van der Waals surface area contributed by atoms with E-state index in [0.717, 1.165) is 48.1 Å². The zero-order valence-electron chi connectivity index (χ0n) is 16.4. The van der Waals surface area contributed by atoms with Gasteiger partial charge in [0.25, 0.3) is 5.91 Å². The maximum Gasteiger partial charge on any atom is 0.266 e. The predicted octanol–water partition coefficient (Wildman–Crippen LogP) is 3.14. The third-order valence-electron chi connectivity index (χ3n) is 5.22. The Labute approximate surface area is 169 Å². The Bertz CT molecular complexity index is 1030. The second-order valence-corrected chi connectivity index (χ2v) is 7.30. The number of carbonyl (C=O) groups is 2. The normalized spacial score (nSPS) is 14.7. The fourth-order valence-electron chi connectivity index (χ4n) is 3.75. The second-order valence-electron chi connectivity index (χ2n) is 7.30. The number of para-hydroxylation sites is 1. The number of aromatic nitrogens is 1. The Hall–Kier alpha value is -3.25. The van der Waals surface area contributed by atoms with E-state index in [4.69, 9.17) is 0 Å². The fourth-order valence-corrected chi connectivity index (χ4v) is 3.75. The zero-order chi connectivity index (χ0) is 20.2. The maximum atomic E-state index is 13.1. The minimum Gasteiger partial charge on any atom is -0.341 e. The first-order valence-electron chi connectivity index (χ1n) is 9.89. The average Bonchev–Trinajstić information content (AvgIpc) is 3.28. The summed E-state index contributed by atoms with van der Waals surface area (Å²) in [7, 11) is 0. The van der Waals surface area contributed by atoms with Gasteiger partial charge in [-0.15, -0.1) is 0 Å². The molecule has 29 heavy (non-hydrogen) atoms. The van der Waals surface area contributed by atoms with E-state index in [-0.39, 0.29) is 11.8 Å². The monoisotopic (exact) mass is 388 g/mol. The van der Waals surface area contributed by atoms with Gasteiger partial charge in [0.1, 0.15) is 6.04 Å². The molecule has 0 spiro atoms. The van der Waals surface area contributed by atoms with E-state index in [1.54, 1.807) is 6.07 Å². The molecule has 1 aromatic heterocycles. The molecule has 6 nitrogen and oxygen atoms in total. The van der Waals surface area contributed by atoms with Gasteiger partial charge in [0.2, 0.25) is 5.91 Å². The lowest BCUT2D eigenvalue weighted by Gasteiger charge is -2.24. The SMILES string of the molecule is Cc1cc(C(=O)NN[C@@H](C(=O)N2CCCC2)c2ccccc2)c2ccccc2n1. The summed E-state index contributed by atoms with van der Waals surface area (Å²) in [5.41, 5.74) is 8.62. The van der Waals surface area contributed by atoms with Crippen molar-refractivity contribution >= 4 is 22.7 Å². The van der Waals surface area contributed by atoms with E-state index in [2.05, 4.69) is 15.8 Å². The fraction of sp³-hybridized carbons (Fsp3) is 0.261. The standard InChI is InChI=1S/C23H24N4O2/c1-16-15-19(18-11-5-6-12-20(18)24-16)22(28)26-25-21(17-9-3-2-4-10-17)23(29)27-13-7-8-14-27/h2-6,9-12,15,21,25H,7-8,13-14H2,1H3,(H,26,28)/t21-/m1/s1. The molecule has 2 amide bonds. The predicted molar refractivity (Wildman–Crippen MR) is 112 cm³/mol. The third kappa shape index (κ3) is 4.12. The van der Waals surface area contributed by atoms with Crippen molar-refractivity contribution in [3.63, 3.8) is 0 Å². The maximum absolute atomic E-state index is 13.1. The first-order valence-corrected chi connectivity index (χ1v) is 9.89. The molecule has 0 unspecified atom stereocenters. The van der Waals surface area contributed by atoms with E-state index in [1.807, 2.05) is 66.4 Å². The van der Waals surface area contributed by atoms with Gasteiger partial charge in [0.05, 0.1) is 11.1 Å². The number of rotatable bonds is 5. The van der Waals surface area contributed by atoms with E-state index in [1.165, 1.54) is 0 Å². The Kier molecular flexibility index (Phi) is 5.53. The number of amides is 2. The minimum absolute atomic E-state index is 0.0234. The van der Waals surface area contributed by atoms with Gasteiger partial charge < -0.3 is 4.90 Å². The Morgan fingerprint density at radius 2 is 1.69 bits per heavy atom. The van der Waals surface area contributed by atoms with Crippen molar-refractivity contribution in [2.75, 3.05) is 13.1 Å². The van der Waals surface area contributed by atoms with E-state index < -0.39 is 6.04 Å². The molecule has 0 radical (unpaired) electrons. The molecule has 1 aliphatic rings. The Morgan fingerprint density at radius 3 is 2.45 bits per heavy atom. The highest BCUT2D eigenvalue weighted by Crippen LogP contribution is 2.20. The molecule has 148 valence electrons. The molecule has 0 aliphatic carbocycles. The molecule has 1 aliphatic heterocycles. The van der Waals surface area contributed by atoms with Crippen LogP contribution in [0.4, 0.5) is 0 Å². The molecule has 3 aromatic rings. The average molecular weight is 388 g/mol. The molecule has 2 aromatic carbocycles. The molecule has 1 atom stereocenters. The number of pyridine rings is 1. The summed E-state index contributed by atoms with van der Waals surface area (Å²) in [6.45, 7) is 3.37. The van der Waals surface area contributed by atoms with Gasteiger partial charge in [-0.3, -0.25) is 20.0 Å². The van der Waals surface area contributed by atoms with Crippen molar-refractivity contribution in [3.05, 3.63) is 77.5 Å². The van der Waals surface area contributed by atoms with Crippen LogP contribution in [0.1, 0.15) is 40.5 Å². The van der Waals surface area contributed by atoms with Crippen LogP contribution in [0.5, 0.6) is 0 Å². The van der Waals surface area contributed by atoms with Crippen molar-refractivity contribution in [2.24, 2.45) is 0 Å². The summed E-state index contributed by atoms with van der Waals surface area (Å²) in [6.07, 6.45) is 2.03. The Morgan fingerprint density at radius 1 is 1.00 bits per heavy atom. The summed E-state index contributed by atoms with van der Waals surface area (Å²) < 4.78 is 0. The van der Waals surface area contributed by atoms with Gasteiger partial charge in [-0.2, -0.15) is 0 Å². The number of nitrogens with zero attached hydrogens (tertiary/aromatic N) is 2. The lowest BCUT2D eigenvalue weighted by atomic mass is 10.1. The van der Waals surface area contributed by atoms with Crippen LogP contribution in [0, 0.1) is 6.92 Å². The van der Waals surface area contributed by atoms with Crippen LogP contribution in [0.2, 0.25) is 0 Å². The number of nitrogens with one attached hydrogen (secondary N) is 2. The lowest BCUT2D eigenvalue weighted by Crippen LogP contribution is -2.47. The van der Waals surface area contributed by atoms with Gasteiger partial charge in [0.15, 0.2) is 0 Å². The van der Waals surface area contributed by atoms with Crippen LogP contribution >= 0.6 is 0 Å². The summed E-state index contributed by atoms with van der Waals surface area (Å²) in [6, 6.07) is 18.1. The number of hydrazine groups is 1. The highest BCUT2D eigenvalue weighted by molar-refractivity contribution is 6.06. The topological polar surface area (TPSA) is 74.3 Å². The van der Waals surface area contributed by atoms with Crippen LogP contribution in [0.3, 0.4) is 0 Å². The van der Waals surface area contributed by atoms with Crippen LogP contribution < -0.4 is 10.9 Å². The number of carbonyl (C=O) groups excluding carboxylic acids is 2. The Balaban J connectivity index is 1.57. The van der Waals surface area contributed by atoms with E-state index >= 15 is 0 Å². The molecule has 1 saturated heterocycles. The van der Waals surface area contributed by atoms with Crippen LogP contribution in [0.25, 0.3) is 10.9 Å². The molecule has 0 bridgehead atoms. The zero-order valence-corrected chi connectivity index (χ0v) is 16.4. The van der Waals surface area contributed by atoms with Crippen molar-refractivity contribution in [3.8, 4) is 0 Å². The largest absolute Gasteiger partial charge is 0.341 e. The summed E-state index contributed by atoms with van der Waals surface area (Å²) in [5, 5.41) is 0.777. The molecule has 0 saturated carbocycles. The van der Waals surface area contributed by atoms with E-state index in [9.17, 15) is 9.59 Å². The lowest BCUT2D eigenvalue weighted by molar-refractivity contribution is -0.132. The molecule has 4 rings (SSSR count). The molecular formula is C23H24N4O2. The molecule has 2 N–H and O–H groups in total. The number of hydrogen-bond acceptors (Lipinski definition) is 4. The first-order chi connectivity index (χ1) is 14.1. The summed E-state index contributed by atoms with van der Waals surface area (Å²) in [5.74, 6) is -0.313. The third-order valence-corrected chi connectivity index (χ3v) is 5.22. The first kappa shape index (κ1) is 19.1. The molecular weight excluding hydrogens is 364 g/mol. The number of benzene rings is 2. The van der Waals surface area contributed by atoms with Gasteiger partial charge in [-0.25, -0.2) is 5.43 Å². The van der Waals surface area contributed by atoms with Crippen molar-refractivity contribution in [1.82, 2.24) is 20.7 Å². The van der Waals surface area contributed by atoms with E-state index in [0.29, 0.717) is 5.56 Å². The van der Waals surface area contributed by atoms with Crippen LogP contribution in [-0.4, -0.2) is 34.8 Å². The quantitative estimate of drug-likeness (QED) is 0.659. The highest BCUT2D eigenvalue weighted by Gasteiger charge is 2.28. The van der Waals surface area contributed by atoms with Crippen LogP contribution in [0.15, 0.2) is 60.7 Å². The number of likely N-dealkylation sites (tertiary alicyclic amines) is 1. The van der Waals surface area contributed by atoms with Gasteiger partial charge >= 0.3 is 0 Å². The minimum atomic E-state index is -0.632. The number of fused-ring (bicyclic) bond motifs is 1. The molecule has 1 fully saturated rings. The second kappa shape index (κ2) is 8.41. The molecule has 6 heteroatoms.